The molecule has 0 saturated carbocycles. The summed E-state index contributed by atoms with van der Waals surface area (Å²) in [6, 6.07) is 10.2. The largest absolute Gasteiger partial charge is 0.411 e. The minimum absolute atomic E-state index is 0.566. The molecule has 2 aromatic heterocycles. The third-order valence-corrected chi connectivity index (χ3v) is 4.39. The van der Waals surface area contributed by atoms with Crippen molar-refractivity contribution in [2.75, 3.05) is 0 Å². The second-order valence-corrected chi connectivity index (χ2v) is 6.21. The number of rotatable bonds is 4. The molecule has 0 amide bonds. The first-order valence-corrected chi connectivity index (χ1v) is 7.72. The number of oxime groups is 1. The van der Waals surface area contributed by atoms with Gasteiger partial charge in [-0.1, -0.05) is 35.5 Å². The van der Waals surface area contributed by atoms with Crippen molar-refractivity contribution >= 4 is 17.0 Å². The van der Waals surface area contributed by atoms with Crippen LogP contribution in [0, 0.1) is 6.92 Å². The molecular formula is C16H16N4OS. The lowest BCUT2D eigenvalue weighted by Gasteiger charge is -2.01. The van der Waals surface area contributed by atoms with E-state index in [-0.39, 0.29) is 0 Å². The number of thiazole rings is 1. The summed E-state index contributed by atoms with van der Waals surface area (Å²) in [5.41, 5.74) is 3.51. The van der Waals surface area contributed by atoms with E-state index in [4.69, 9.17) is 5.21 Å². The Bertz CT molecular complexity index is 805. The maximum Gasteiger partial charge on any atom is 0.0959 e. The fraction of sp³-hybridized carbons (Fsp3) is 0.188. The predicted molar refractivity (Wildman–Crippen MR) is 87.6 cm³/mol. The van der Waals surface area contributed by atoms with Gasteiger partial charge in [0.05, 0.1) is 34.0 Å². The minimum Gasteiger partial charge on any atom is -0.411 e. The second-order valence-electron chi connectivity index (χ2n) is 5.01. The van der Waals surface area contributed by atoms with E-state index in [0.29, 0.717) is 12.3 Å². The van der Waals surface area contributed by atoms with Gasteiger partial charge in [0.25, 0.3) is 0 Å². The van der Waals surface area contributed by atoms with Gasteiger partial charge in [-0.15, -0.1) is 11.3 Å². The van der Waals surface area contributed by atoms with E-state index in [1.807, 2.05) is 36.0 Å². The molecule has 0 fully saturated rings. The van der Waals surface area contributed by atoms with E-state index in [1.54, 1.807) is 13.1 Å². The summed E-state index contributed by atoms with van der Waals surface area (Å²) in [7, 11) is 0. The first kappa shape index (κ1) is 14.5. The summed E-state index contributed by atoms with van der Waals surface area (Å²) < 4.78 is 1.88. The van der Waals surface area contributed by atoms with Gasteiger partial charge in [-0.3, -0.25) is 4.68 Å². The Kier molecular flexibility index (Phi) is 4.02. The summed E-state index contributed by atoms with van der Waals surface area (Å²) in [4.78, 5) is 5.42. The van der Waals surface area contributed by atoms with Crippen molar-refractivity contribution in [2.24, 2.45) is 5.16 Å². The zero-order chi connectivity index (χ0) is 15.5. The van der Waals surface area contributed by atoms with Crippen LogP contribution in [0.15, 0.2) is 47.9 Å². The van der Waals surface area contributed by atoms with Gasteiger partial charge in [0.15, 0.2) is 0 Å². The molecule has 0 aliphatic rings. The van der Waals surface area contributed by atoms with Gasteiger partial charge in [-0.25, -0.2) is 4.98 Å². The molecule has 0 radical (unpaired) electrons. The zero-order valence-electron chi connectivity index (χ0n) is 12.4. The molecule has 112 valence electrons. The molecule has 0 saturated heterocycles. The zero-order valence-corrected chi connectivity index (χ0v) is 13.2. The number of nitrogens with zero attached hydrogens (tertiary/aromatic N) is 4. The summed E-state index contributed by atoms with van der Waals surface area (Å²) in [6.07, 6.45) is 3.77. The molecule has 0 spiro atoms. The Morgan fingerprint density at radius 3 is 2.82 bits per heavy atom. The maximum absolute atomic E-state index is 9.01. The standard InChI is InChI=1S/C16H16N4OS/c1-11(19-21)16-15(18-12(2)22-16)14-8-17-20(10-14)9-13-6-4-3-5-7-13/h3-8,10,21H,9H2,1-2H3. The normalized spacial score (nSPS) is 11.8. The quantitative estimate of drug-likeness (QED) is 0.455. The highest BCUT2D eigenvalue weighted by atomic mass is 32.1. The van der Waals surface area contributed by atoms with Crippen LogP contribution in [-0.4, -0.2) is 25.7 Å². The molecule has 0 atom stereocenters. The average molecular weight is 312 g/mol. The van der Waals surface area contributed by atoms with E-state index in [9.17, 15) is 0 Å². The second kappa shape index (κ2) is 6.11. The van der Waals surface area contributed by atoms with Gasteiger partial charge >= 0.3 is 0 Å². The number of hydrogen-bond donors (Lipinski definition) is 1. The molecule has 1 N–H and O–H groups in total. The van der Waals surface area contributed by atoms with E-state index in [2.05, 4.69) is 27.4 Å². The summed E-state index contributed by atoms with van der Waals surface area (Å²) in [5, 5.41) is 17.6. The van der Waals surface area contributed by atoms with Crippen molar-refractivity contribution in [3.63, 3.8) is 0 Å². The van der Waals surface area contributed by atoms with Crippen LogP contribution in [0.25, 0.3) is 11.3 Å². The molecular weight excluding hydrogens is 296 g/mol. The molecule has 3 aromatic rings. The highest BCUT2D eigenvalue weighted by molar-refractivity contribution is 7.14. The molecule has 2 heterocycles. The summed E-state index contributed by atoms with van der Waals surface area (Å²) in [6.45, 7) is 4.42. The van der Waals surface area contributed by atoms with E-state index in [1.165, 1.54) is 16.9 Å². The Morgan fingerprint density at radius 1 is 1.32 bits per heavy atom. The highest BCUT2D eigenvalue weighted by Crippen LogP contribution is 2.28. The molecule has 6 heteroatoms. The van der Waals surface area contributed by atoms with E-state index in [0.717, 1.165) is 21.1 Å². The average Bonchev–Trinajstić information content (AvgIpc) is 3.14. The molecule has 0 unspecified atom stereocenters. The molecule has 0 aliphatic carbocycles. The third kappa shape index (κ3) is 2.92. The summed E-state index contributed by atoms with van der Waals surface area (Å²) >= 11 is 1.52. The minimum atomic E-state index is 0.566. The first-order valence-electron chi connectivity index (χ1n) is 6.90. The van der Waals surface area contributed by atoms with Crippen molar-refractivity contribution in [3.05, 3.63) is 58.2 Å². The van der Waals surface area contributed by atoms with Crippen LogP contribution in [0.5, 0.6) is 0 Å². The number of hydrogen-bond acceptors (Lipinski definition) is 5. The smallest absolute Gasteiger partial charge is 0.0959 e. The van der Waals surface area contributed by atoms with Crippen LogP contribution in [0.4, 0.5) is 0 Å². The van der Waals surface area contributed by atoms with E-state index >= 15 is 0 Å². The molecule has 5 nitrogen and oxygen atoms in total. The Morgan fingerprint density at radius 2 is 2.09 bits per heavy atom. The fourth-order valence-corrected chi connectivity index (χ4v) is 3.14. The third-order valence-electron chi connectivity index (χ3n) is 3.31. The topological polar surface area (TPSA) is 63.3 Å². The first-order chi connectivity index (χ1) is 10.7. The molecule has 0 aliphatic heterocycles. The Labute approximate surface area is 132 Å². The van der Waals surface area contributed by atoms with Crippen molar-refractivity contribution in [1.29, 1.82) is 0 Å². The molecule has 22 heavy (non-hydrogen) atoms. The van der Waals surface area contributed by atoms with Crippen molar-refractivity contribution in [1.82, 2.24) is 14.8 Å². The number of aromatic nitrogens is 3. The lowest BCUT2D eigenvalue weighted by molar-refractivity contribution is 0.319. The Hall–Kier alpha value is -2.47. The molecule has 3 rings (SSSR count). The van der Waals surface area contributed by atoms with Crippen LogP contribution >= 0.6 is 11.3 Å². The van der Waals surface area contributed by atoms with Crippen molar-refractivity contribution in [3.8, 4) is 11.3 Å². The van der Waals surface area contributed by atoms with Gasteiger partial charge in [0.1, 0.15) is 0 Å². The SMILES string of the molecule is CC(=NO)c1sc(C)nc1-c1cnn(Cc2ccccc2)c1. The van der Waals surface area contributed by atoms with Gasteiger partial charge in [0.2, 0.25) is 0 Å². The number of aryl methyl sites for hydroxylation is 1. The number of benzene rings is 1. The highest BCUT2D eigenvalue weighted by Gasteiger charge is 2.15. The van der Waals surface area contributed by atoms with Crippen LogP contribution in [-0.2, 0) is 6.54 Å². The van der Waals surface area contributed by atoms with Crippen LogP contribution < -0.4 is 0 Å². The van der Waals surface area contributed by atoms with E-state index < -0.39 is 0 Å². The molecule has 0 bridgehead atoms. The van der Waals surface area contributed by atoms with Crippen molar-refractivity contribution in [2.45, 2.75) is 20.4 Å². The predicted octanol–water partition coefficient (Wildman–Crippen LogP) is 3.56. The van der Waals surface area contributed by atoms with Gasteiger partial charge in [-0.05, 0) is 19.4 Å². The monoisotopic (exact) mass is 312 g/mol. The molecule has 1 aromatic carbocycles. The van der Waals surface area contributed by atoms with Gasteiger partial charge < -0.3 is 5.21 Å². The van der Waals surface area contributed by atoms with Crippen molar-refractivity contribution < 1.29 is 5.21 Å². The van der Waals surface area contributed by atoms with Crippen LogP contribution in [0.3, 0.4) is 0 Å². The lowest BCUT2D eigenvalue weighted by atomic mass is 10.2. The van der Waals surface area contributed by atoms with Crippen LogP contribution in [0.1, 0.15) is 22.4 Å². The van der Waals surface area contributed by atoms with Crippen LogP contribution in [0.2, 0.25) is 0 Å². The summed E-state index contributed by atoms with van der Waals surface area (Å²) in [5.74, 6) is 0. The lowest BCUT2D eigenvalue weighted by Crippen LogP contribution is -1.99. The van der Waals surface area contributed by atoms with Gasteiger partial charge in [-0.2, -0.15) is 5.10 Å². The maximum atomic E-state index is 9.01. The fourth-order valence-electron chi connectivity index (χ4n) is 2.26. The van der Waals surface area contributed by atoms with Gasteiger partial charge in [0, 0.05) is 11.8 Å². The Balaban J connectivity index is 1.91.